The fraction of sp³-hybridized carbons (Fsp3) is 1.00. The molecular formula is C6H8F6O. The molecule has 7 heteroatoms. The number of alkyl halides is 6. The molecule has 0 aromatic carbocycles. The first kappa shape index (κ1) is 12.5. The molecule has 1 nitrogen and oxygen atoms in total. The molecule has 0 fully saturated rings. The smallest absolute Gasteiger partial charge is 0.314 e. The Balaban J connectivity index is 4.02. The molecule has 0 saturated carbocycles. The quantitative estimate of drug-likeness (QED) is 0.634. The highest BCUT2D eigenvalue weighted by Crippen LogP contribution is 2.27. The highest BCUT2D eigenvalue weighted by atomic mass is 19.3. The summed E-state index contributed by atoms with van der Waals surface area (Å²) < 4.78 is 74.5. The topological polar surface area (TPSA) is 9.23 Å². The van der Waals surface area contributed by atoms with Crippen molar-refractivity contribution in [3.8, 4) is 0 Å². The van der Waals surface area contributed by atoms with E-state index in [1.54, 1.807) is 0 Å². The van der Waals surface area contributed by atoms with Crippen LogP contribution in [-0.2, 0) is 4.74 Å². The van der Waals surface area contributed by atoms with Crippen molar-refractivity contribution in [3.63, 3.8) is 0 Å². The summed E-state index contributed by atoms with van der Waals surface area (Å²) in [6, 6.07) is 0. The lowest BCUT2D eigenvalue weighted by molar-refractivity contribution is -0.281. The highest BCUT2D eigenvalue weighted by molar-refractivity contribution is 4.68. The summed E-state index contributed by atoms with van der Waals surface area (Å²) in [4.78, 5) is 0. The number of hydrogen-bond donors (Lipinski definition) is 0. The monoisotopic (exact) mass is 210 g/mol. The molecule has 0 heterocycles. The van der Waals surface area contributed by atoms with Gasteiger partial charge in [0, 0.05) is 6.42 Å². The van der Waals surface area contributed by atoms with E-state index >= 15 is 0 Å². The summed E-state index contributed by atoms with van der Waals surface area (Å²) in [5.74, 6) is -4.53. The van der Waals surface area contributed by atoms with Gasteiger partial charge >= 0.3 is 18.5 Å². The van der Waals surface area contributed by atoms with Gasteiger partial charge in [-0.1, -0.05) is 6.92 Å². The largest absolute Gasteiger partial charge is 0.355 e. The summed E-state index contributed by atoms with van der Waals surface area (Å²) in [6.07, 6.45) is -8.62. The van der Waals surface area contributed by atoms with E-state index in [9.17, 15) is 26.3 Å². The molecule has 0 aromatic heterocycles. The maximum Gasteiger partial charge on any atom is 0.355 e. The lowest BCUT2D eigenvalue weighted by Gasteiger charge is -2.19. The summed E-state index contributed by atoms with van der Waals surface area (Å²) in [5.41, 5.74) is 0. The third-order valence-corrected chi connectivity index (χ3v) is 1.21. The molecule has 0 saturated heterocycles. The number of rotatable bonds is 5. The zero-order valence-electron chi connectivity index (χ0n) is 6.67. The Kier molecular flexibility index (Phi) is 4.02. The molecule has 0 N–H and O–H groups in total. The third-order valence-electron chi connectivity index (χ3n) is 1.21. The van der Waals surface area contributed by atoms with E-state index in [1.165, 1.54) is 0 Å². The minimum Gasteiger partial charge on any atom is -0.314 e. The first-order chi connectivity index (χ1) is 5.71. The third kappa shape index (κ3) is 4.35. The molecule has 0 bridgehead atoms. The second-order valence-corrected chi connectivity index (χ2v) is 2.34. The Hall–Kier alpha value is -0.460. The first-order valence-electron chi connectivity index (χ1n) is 3.39. The van der Waals surface area contributed by atoms with E-state index < -0.39 is 31.5 Å². The van der Waals surface area contributed by atoms with E-state index in [-0.39, 0.29) is 0 Å². The van der Waals surface area contributed by atoms with Crippen LogP contribution in [0.4, 0.5) is 26.3 Å². The molecule has 80 valence electrons. The van der Waals surface area contributed by atoms with Crippen molar-refractivity contribution in [2.75, 3.05) is 6.61 Å². The molecule has 0 radical (unpaired) electrons. The van der Waals surface area contributed by atoms with Gasteiger partial charge in [0.15, 0.2) is 0 Å². The van der Waals surface area contributed by atoms with Crippen LogP contribution in [0.15, 0.2) is 0 Å². The van der Waals surface area contributed by atoms with Crippen LogP contribution in [0.1, 0.15) is 13.3 Å². The van der Waals surface area contributed by atoms with Gasteiger partial charge in [-0.2, -0.15) is 17.6 Å². The molecule has 0 aromatic rings. The lowest BCUT2D eigenvalue weighted by atomic mass is 10.4. The van der Waals surface area contributed by atoms with Gasteiger partial charge in [0.1, 0.15) is 6.61 Å². The Morgan fingerprint density at radius 2 is 1.62 bits per heavy atom. The second-order valence-electron chi connectivity index (χ2n) is 2.34. The predicted molar refractivity (Wildman–Crippen MR) is 32.1 cm³/mol. The van der Waals surface area contributed by atoms with E-state index in [4.69, 9.17) is 0 Å². The van der Waals surface area contributed by atoms with Crippen LogP contribution in [0.3, 0.4) is 0 Å². The average molecular weight is 210 g/mol. The predicted octanol–water partition coefficient (Wildman–Crippen LogP) is 2.91. The minimum absolute atomic E-state index is 0.841. The van der Waals surface area contributed by atoms with E-state index in [2.05, 4.69) is 4.74 Å². The average Bonchev–Trinajstić information content (AvgIpc) is 2.01. The summed E-state index contributed by atoms with van der Waals surface area (Å²) in [7, 11) is 0. The van der Waals surface area contributed by atoms with E-state index in [0.29, 0.717) is 0 Å². The molecule has 0 aliphatic rings. The van der Waals surface area contributed by atoms with Crippen molar-refractivity contribution in [1.29, 1.82) is 0 Å². The van der Waals surface area contributed by atoms with Crippen LogP contribution in [0, 0.1) is 0 Å². The Morgan fingerprint density at radius 1 is 1.15 bits per heavy atom. The van der Waals surface area contributed by atoms with Crippen LogP contribution < -0.4 is 0 Å². The van der Waals surface area contributed by atoms with Gasteiger partial charge in [-0.05, 0) is 0 Å². The van der Waals surface area contributed by atoms with Crippen molar-refractivity contribution in [1.82, 2.24) is 0 Å². The minimum atomic E-state index is -4.53. The van der Waals surface area contributed by atoms with Gasteiger partial charge in [-0.3, -0.25) is 0 Å². The molecular weight excluding hydrogens is 202 g/mol. The second kappa shape index (κ2) is 4.17. The molecule has 0 amide bonds. The van der Waals surface area contributed by atoms with E-state index in [0.717, 1.165) is 6.92 Å². The molecule has 13 heavy (non-hydrogen) atoms. The molecule has 0 atom stereocenters. The molecule has 0 spiro atoms. The summed E-state index contributed by atoms with van der Waals surface area (Å²) in [6.45, 7) is -0.994. The maximum absolute atomic E-state index is 12.1. The molecule has 0 rings (SSSR count). The number of hydrogen-bond acceptors (Lipinski definition) is 1. The molecule has 0 unspecified atom stereocenters. The normalized spacial score (nSPS) is 13.8. The lowest BCUT2D eigenvalue weighted by Crippen LogP contribution is -2.36. The highest BCUT2D eigenvalue weighted by Gasteiger charge is 2.44. The van der Waals surface area contributed by atoms with Crippen molar-refractivity contribution in [2.45, 2.75) is 31.8 Å². The van der Waals surface area contributed by atoms with Crippen LogP contribution in [-0.4, -0.2) is 25.1 Å². The number of ether oxygens (including phenoxy) is 1. The van der Waals surface area contributed by atoms with Gasteiger partial charge in [-0.15, -0.1) is 0 Å². The Labute approximate surface area is 70.7 Å². The van der Waals surface area contributed by atoms with Crippen LogP contribution in [0.5, 0.6) is 0 Å². The fourth-order valence-electron chi connectivity index (χ4n) is 0.367. The van der Waals surface area contributed by atoms with Crippen LogP contribution in [0.2, 0.25) is 0 Å². The van der Waals surface area contributed by atoms with Crippen molar-refractivity contribution >= 4 is 0 Å². The van der Waals surface area contributed by atoms with Gasteiger partial charge in [0.25, 0.3) is 0 Å². The van der Waals surface area contributed by atoms with Crippen LogP contribution >= 0.6 is 0 Å². The summed E-state index contributed by atoms with van der Waals surface area (Å²) >= 11 is 0. The van der Waals surface area contributed by atoms with Crippen molar-refractivity contribution in [3.05, 3.63) is 0 Å². The summed E-state index contributed by atoms with van der Waals surface area (Å²) in [5, 5.41) is 0. The zero-order valence-corrected chi connectivity index (χ0v) is 6.67. The van der Waals surface area contributed by atoms with Gasteiger partial charge in [0.2, 0.25) is 0 Å². The van der Waals surface area contributed by atoms with Crippen molar-refractivity contribution < 1.29 is 31.1 Å². The number of halogens is 6. The van der Waals surface area contributed by atoms with Gasteiger partial charge in [0.05, 0.1) is 0 Å². The standard InChI is InChI=1S/C6H8F6O/c1-2-6(11,12)13-3-5(9,10)4(7)8/h4H,2-3H2,1H3. The fourth-order valence-corrected chi connectivity index (χ4v) is 0.367. The van der Waals surface area contributed by atoms with Gasteiger partial charge in [-0.25, -0.2) is 8.78 Å². The first-order valence-corrected chi connectivity index (χ1v) is 3.39. The molecule has 0 aliphatic carbocycles. The molecule has 0 aliphatic heterocycles. The SMILES string of the molecule is CCC(F)(F)OCC(F)(F)C(F)F. The Morgan fingerprint density at radius 3 is 1.92 bits per heavy atom. The maximum atomic E-state index is 12.1. The zero-order chi connectivity index (χ0) is 10.7. The van der Waals surface area contributed by atoms with Crippen molar-refractivity contribution in [2.24, 2.45) is 0 Å². The van der Waals surface area contributed by atoms with Gasteiger partial charge < -0.3 is 4.74 Å². The van der Waals surface area contributed by atoms with E-state index in [1.807, 2.05) is 0 Å². The van der Waals surface area contributed by atoms with Crippen LogP contribution in [0.25, 0.3) is 0 Å². The Bertz CT molecular complexity index is 157.